The highest BCUT2D eigenvalue weighted by molar-refractivity contribution is 7.79. The second kappa shape index (κ2) is 12.4. The zero-order valence-electron chi connectivity index (χ0n) is 20.8. The highest BCUT2D eigenvalue weighted by Gasteiger charge is 2.31. The van der Waals surface area contributed by atoms with Gasteiger partial charge in [0.2, 0.25) is 0 Å². The summed E-state index contributed by atoms with van der Waals surface area (Å²) in [6, 6.07) is 36.9. The minimum atomic E-state index is -3.07. The third-order valence-corrected chi connectivity index (χ3v) is 13.0. The molecule has 0 N–H and O–H groups in total. The van der Waals surface area contributed by atoms with Crippen LogP contribution in [0.15, 0.2) is 121 Å². The van der Waals surface area contributed by atoms with Crippen molar-refractivity contribution in [3.63, 3.8) is 0 Å². The van der Waals surface area contributed by atoms with Crippen molar-refractivity contribution in [1.82, 2.24) is 0 Å². The maximum absolute atomic E-state index is 14.1. The molecule has 4 rings (SSSR count). The van der Waals surface area contributed by atoms with Gasteiger partial charge in [0.05, 0.1) is 0 Å². The molecule has 4 aromatic rings. The molecule has 0 fully saturated rings. The van der Waals surface area contributed by atoms with Crippen LogP contribution in [0.25, 0.3) is 0 Å². The van der Waals surface area contributed by atoms with E-state index in [-0.39, 0.29) is 25.4 Å². The summed E-state index contributed by atoms with van der Waals surface area (Å²) >= 11 is 0. The lowest BCUT2D eigenvalue weighted by atomic mass is 10.4. The van der Waals surface area contributed by atoms with E-state index in [2.05, 4.69) is 0 Å². The van der Waals surface area contributed by atoms with Crippen molar-refractivity contribution in [2.45, 2.75) is 0 Å². The predicted octanol–water partition coefficient (Wildman–Crippen LogP) is 5.87. The van der Waals surface area contributed by atoms with E-state index in [4.69, 9.17) is 9.47 Å². The average Bonchev–Trinajstić information content (AvgIpc) is 2.94. The quantitative estimate of drug-likeness (QED) is 0.206. The molecule has 0 aliphatic rings. The summed E-state index contributed by atoms with van der Waals surface area (Å²) < 4.78 is 53.2. The van der Waals surface area contributed by atoms with Gasteiger partial charge in [-0.2, -0.15) is 0 Å². The lowest BCUT2D eigenvalue weighted by Gasteiger charge is -2.22. The van der Waals surface area contributed by atoms with Crippen LogP contribution in [0.3, 0.4) is 0 Å². The smallest absolute Gasteiger partial charge is 0.167 e. The molecule has 0 saturated carbocycles. The highest BCUT2D eigenvalue weighted by atomic mass is 31.2. The topological polar surface area (TPSA) is 69.7 Å². The van der Waals surface area contributed by atoms with Gasteiger partial charge in [-0.3, -0.25) is 0 Å². The Morgan fingerprint density at radius 1 is 0.432 bits per heavy atom. The molecule has 0 amide bonds. The Bertz CT molecular complexity index is 1220. The Labute approximate surface area is 219 Å². The Balaban J connectivity index is 1.42. The number of hydrogen-bond donors (Lipinski definition) is 0. The van der Waals surface area contributed by atoms with Crippen LogP contribution in [0.2, 0.25) is 0 Å². The zero-order valence-corrected chi connectivity index (χ0v) is 23.4. The summed E-state index contributed by atoms with van der Waals surface area (Å²) in [5.41, 5.74) is 0. The van der Waals surface area contributed by atoms with Crippen molar-refractivity contribution >= 4 is 42.6 Å². The Morgan fingerprint density at radius 2 is 0.676 bits per heavy atom. The van der Waals surface area contributed by atoms with E-state index < -0.39 is 21.4 Å². The molecule has 0 aromatic heterocycles. The number of ether oxygens (including phenoxy) is 2. The van der Waals surface area contributed by atoms with Crippen LogP contribution in [0.1, 0.15) is 0 Å². The molecular formula is C29H31O5P3. The Hall–Kier alpha value is -2.51. The fourth-order valence-electron chi connectivity index (χ4n) is 4.03. The first-order chi connectivity index (χ1) is 17.8. The van der Waals surface area contributed by atoms with Crippen LogP contribution in [0.5, 0.6) is 0 Å². The fourth-order valence-corrected chi connectivity index (χ4v) is 9.86. The average molecular weight is 552 g/mol. The van der Waals surface area contributed by atoms with Crippen molar-refractivity contribution in [2.75, 3.05) is 32.1 Å². The van der Waals surface area contributed by atoms with Crippen molar-refractivity contribution in [3.8, 4) is 0 Å². The minimum Gasteiger partial charge on any atom is -0.365 e. The van der Waals surface area contributed by atoms with E-state index in [9.17, 15) is 13.7 Å². The molecule has 8 heteroatoms. The van der Waals surface area contributed by atoms with Gasteiger partial charge in [0, 0.05) is 21.2 Å². The van der Waals surface area contributed by atoms with Crippen LogP contribution < -0.4 is 21.2 Å². The van der Waals surface area contributed by atoms with Gasteiger partial charge in [-0.1, -0.05) is 121 Å². The highest BCUT2D eigenvalue weighted by Crippen LogP contribution is 2.48. The SMILES string of the molecule is CP(=O)(COCP(=O)(c1ccccc1)c1ccccc1)COCP(=O)(c1ccccc1)c1ccccc1. The second-order valence-corrected chi connectivity index (χ2v) is 17.7. The second-order valence-electron chi connectivity index (χ2n) is 9.04. The van der Waals surface area contributed by atoms with Crippen LogP contribution in [0, 0.1) is 0 Å². The summed E-state index contributed by atoms with van der Waals surface area (Å²) in [5.74, 6) is 0. The van der Waals surface area contributed by atoms with Gasteiger partial charge in [0.25, 0.3) is 0 Å². The van der Waals surface area contributed by atoms with E-state index in [1.54, 1.807) is 6.66 Å². The monoisotopic (exact) mass is 552 g/mol. The number of rotatable bonds is 12. The molecule has 5 nitrogen and oxygen atoms in total. The minimum absolute atomic E-state index is 0.0641. The molecule has 0 radical (unpaired) electrons. The van der Waals surface area contributed by atoms with Gasteiger partial charge < -0.3 is 23.2 Å². The maximum atomic E-state index is 14.1. The molecule has 192 valence electrons. The molecule has 0 aliphatic carbocycles. The molecule has 37 heavy (non-hydrogen) atoms. The Kier molecular flexibility index (Phi) is 9.19. The van der Waals surface area contributed by atoms with Crippen molar-refractivity contribution < 1.29 is 23.2 Å². The molecule has 0 bridgehead atoms. The van der Waals surface area contributed by atoms with E-state index >= 15 is 0 Å². The third kappa shape index (κ3) is 6.88. The summed E-state index contributed by atoms with van der Waals surface area (Å²) in [6.07, 6.45) is -0.300. The summed E-state index contributed by atoms with van der Waals surface area (Å²) in [7, 11) is -9.06. The first kappa shape index (κ1) is 27.5. The maximum Gasteiger partial charge on any atom is 0.167 e. The van der Waals surface area contributed by atoms with Gasteiger partial charge in [-0.05, 0) is 6.66 Å². The van der Waals surface area contributed by atoms with E-state index in [1.165, 1.54) is 0 Å². The van der Waals surface area contributed by atoms with Crippen molar-refractivity contribution in [1.29, 1.82) is 0 Å². The van der Waals surface area contributed by atoms with Gasteiger partial charge >= 0.3 is 0 Å². The van der Waals surface area contributed by atoms with E-state index in [0.29, 0.717) is 21.2 Å². The summed E-state index contributed by atoms with van der Waals surface area (Å²) in [6.45, 7) is 1.60. The molecule has 0 atom stereocenters. The van der Waals surface area contributed by atoms with Gasteiger partial charge in [0.15, 0.2) is 14.3 Å². The van der Waals surface area contributed by atoms with Crippen LogP contribution >= 0.6 is 21.4 Å². The summed E-state index contributed by atoms with van der Waals surface area (Å²) in [5, 5.41) is 2.76. The van der Waals surface area contributed by atoms with Gasteiger partial charge in [-0.25, -0.2) is 0 Å². The van der Waals surface area contributed by atoms with Crippen molar-refractivity contribution in [3.05, 3.63) is 121 Å². The first-order valence-corrected chi connectivity index (χ1v) is 18.3. The molecular weight excluding hydrogens is 521 g/mol. The molecule has 0 unspecified atom stereocenters. The van der Waals surface area contributed by atoms with Crippen LogP contribution in [-0.2, 0) is 23.2 Å². The lowest BCUT2D eigenvalue weighted by Crippen LogP contribution is -2.21. The summed E-state index contributed by atoms with van der Waals surface area (Å²) in [4.78, 5) is 0. The molecule has 0 aliphatic heterocycles. The van der Waals surface area contributed by atoms with E-state index in [1.807, 2.05) is 121 Å². The molecule has 0 heterocycles. The fraction of sp³-hybridized carbons (Fsp3) is 0.172. The largest absolute Gasteiger partial charge is 0.365 e. The molecule has 0 saturated heterocycles. The van der Waals surface area contributed by atoms with Gasteiger partial charge in [0.1, 0.15) is 32.5 Å². The number of benzene rings is 4. The zero-order chi connectivity index (χ0) is 26.2. The molecule has 0 spiro atoms. The third-order valence-electron chi connectivity index (χ3n) is 5.97. The van der Waals surface area contributed by atoms with Crippen LogP contribution in [0.4, 0.5) is 0 Å². The first-order valence-electron chi connectivity index (χ1n) is 12.0. The van der Waals surface area contributed by atoms with Crippen molar-refractivity contribution in [2.24, 2.45) is 0 Å². The van der Waals surface area contributed by atoms with Gasteiger partial charge in [-0.15, -0.1) is 0 Å². The molecule has 4 aromatic carbocycles. The lowest BCUT2D eigenvalue weighted by molar-refractivity contribution is 0.201. The standard InChI is InChI=1S/C29H31O5P3/c1-35(30,22-33-24-36(31,26-14-6-2-7-15-26)27-16-8-3-9-17-27)23-34-25-37(32,28-18-10-4-11-19-28)29-20-12-5-13-21-29/h2-21H,22-25H2,1H3. The number of hydrogen-bond acceptors (Lipinski definition) is 5. The Morgan fingerprint density at radius 3 is 0.919 bits per heavy atom. The predicted molar refractivity (Wildman–Crippen MR) is 155 cm³/mol. The van der Waals surface area contributed by atoms with E-state index in [0.717, 1.165) is 0 Å². The normalized spacial score (nSPS) is 12.4. The van der Waals surface area contributed by atoms with Crippen LogP contribution in [-0.4, -0.2) is 32.1 Å².